The third-order valence-corrected chi connectivity index (χ3v) is 5.94. The minimum absolute atomic E-state index is 0.110. The number of carbonyl (C=O) groups excluding carboxylic acids is 1. The van der Waals surface area contributed by atoms with Crippen molar-refractivity contribution in [3.8, 4) is 11.5 Å². The van der Waals surface area contributed by atoms with E-state index in [1.54, 1.807) is 5.32 Å². The van der Waals surface area contributed by atoms with E-state index in [1.165, 1.54) is 44.2 Å². The van der Waals surface area contributed by atoms with Gasteiger partial charge in [-0.25, -0.2) is 8.78 Å². The Morgan fingerprint density at radius 2 is 1.47 bits per heavy atom. The van der Waals surface area contributed by atoms with Crippen LogP contribution < -0.4 is 14.8 Å². The summed E-state index contributed by atoms with van der Waals surface area (Å²) in [6, 6.07) is 10.5. The number of carbonyl (C=O) groups is 1. The van der Waals surface area contributed by atoms with Gasteiger partial charge in [-0.05, 0) is 54.8 Å². The Bertz CT molecular complexity index is 1430. The van der Waals surface area contributed by atoms with E-state index in [4.69, 9.17) is 4.74 Å². The summed E-state index contributed by atoms with van der Waals surface area (Å²) < 4.78 is 160. The summed E-state index contributed by atoms with van der Waals surface area (Å²) in [5.74, 6) is -13.4. The van der Waals surface area contributed by atoms with E-state index < -0.39 is 82.9 Å². The fourth-order valence-corrected chi connectivity index (χ4v) is 4.05. The predicted molar refractivity (Wildman–Crippen MR) is 130 cm³/mol. The van der Waals surface area contributed by atoms with Crippen LogP contribution in [0.4, 0.5) is 48.3 Å². The lowest BCUT2D eigenvalue weighted by Gasteiger charge is -2.38. The molecule has 0 fully saturated rings. The van der Waals surface area contributed by atoms with E-state index in [-0.39, 0.29) is 11.6 Å². The van der Waals surface area contributed by atoms with Gasteiger partial charge in [0.05, 0.1) is 11.6 Å². The van der Waals surface area contributed by atoms with Crippen LogP contribution in [0.25, 0.3) is 0 Å². The van der Waals surface area contributed by atoms with Crippen molar-refractivity contribution in [1.29, 1.82) is 0 Å². The summed E-state index contributed by atoms with van der Waals surface area (Å²) in [6.07, 6.45) is -17.5. The highest BCUT2D eigenvalue weighted by Gasteiger charge is 2.64. The number of alkyl halides is 9. The summed E-state index contributed by atoms with van der Waals surface area (Å²) >= 11 is 0. The molecule has 1 amide bonds. The molecule has 1 N–H and O–H groups in total. The number of rotatable bonds is 11. The Morgan fingerprint density at radius 3 is 2.02 bits per heavy atom. The van der Waals surface area contributed by atoms with Gasteiger partial charge < -0.3 is 14.8 Å². The fourth-order valence-electron chi connectivity index (χ4n) is 4.05. The molecule has 3 aromatic carbocycles. The Kier molecular flexibility index (Phi) is 9.56. The van der Waals surface area contributed by atoms with Crippen molar-refractivity contribution in [2.75, 3.05) is 0 Å². The first kappa shape index (κ1) is 33.5. The maximum atomic E-state index is 14.8. The van der Waals surface area contributed by atoms with Gasteiger partial charge in [0.1, 0.15) is 11.6 Å². The summed E-state index contributed by atoms with van der Waals surface area (Å²) in [4.78, 5) is 12.7. The van der Waals surface area contributed by atoms with E-state index in [9.17, 15) is 53.1 Å². The van der Waals surface area contributed by atoms with E-state index in [0.29, 0.717) is 18.2 Å². The highest BCUT2D eigenvalue weighted by Crippen LogP contribution is 2.42. The lowest BCUT2D eigenvalue weighted by atomic mass is 9.77. The summed E-state index contributed by atoms with van der Waals surface area (Å²) in [6.45, 7) is 2.93. The van der Waals surface area contributed by atoms with Crippen molar-refractivity contribution in [3.05, 3.63) is 95.1 Å². The molecule has 0 aliphatic heterocycles. The highest BCUT2D eigenvalue weighted by molar-refractivity contribution is 5.86. The SMILES string of the molecule is CC(C)Oc1cc([C@](Cc2ccccc2)(NC(=O)C(F)(F)C(F)(F)F)c2cc(F)cc(OC(F)(F)C(F)F)c2)ccc1F. The van der Waals surface area contributed by atoms with Crippen LogP contribution >= 0.6 is 0 Å². The first-order chi connectivity index (χ1) is 19.8. The van der Waals surface area contributed by atoms with Gasteiger partial charge >= 0.3 is 30.5 Å². The third-order valence-electron chi connectivity index (χ3n) is 5.94. The maximum absolute atomic E-state index is 14.8. The minimum atomic E-state index is -6.42. The minimum Gasteiger partial charge on any atom is -0.488 e. The molecule has 0 spiro atoms. The lowest BCUT2D eigenvalue weighted by molar-refractivity contribution is -0.270. The van der Waals surface area contributed by atoms with Crippen LogP contribution in [0.5, 0.6) is 11.5 Å². The van der Waals surface area contributed by atoms with Crippen molar-refractivity contribution >= 4 is 5.91 Å². The zero-order valence-electron chi connectivity index (χ0n) is 22.1. The van der Waals surface area contributed by atoms with Gasteiger partial charge in [-0.2, -0.15) is 39.5 Å². The zero-order chi connectivity index (χ0) is 32.4. The number of hydrogen-bond acceptors (Lipinski definition) is 3. The molecule has 1 atom stereocenters. The second kappa shape index (κ2) is 12.3. The number of ether oxygens (including phenoxy) is 2. The molecule has 234 valence electrons. The average molecular weight is 629 g/mol. The summed E-state index contributed by atoms with van der Waals surface area (Å²) in [5, 5.41) is 1.55. The Hall–Kier alpha value is -4.04. The van der Waals surface area contributed by atoms with Gasteiger partial charge in [0.15, 0.2) is 11.6 Å². The number of nitrogens with one attached hydrogen (secondary N) is 1. The molecule has 0 heterocycles. The molecule has 0 aliphatic rings. The molecule has 0 saturated heterocycles. The molecule has 43 heavy (non-hydrogen) atoms. The third kappa shape index (κ3) is 7.49. The molecule has 3 aromatic rings. The largest absolute Gasteiger partial charge is 0.488 e. The first-order valence-electron chi connectivity index (χ1n) is 12.2. The monoisotopic (exact) mass is 629 g/mol. The van der Waals surface area contributed by atoms with Gasteiger partial charge in [-0.15, -0.1) is 0 Å². The van der Waals surface area contributed by atoms with Crippen LogP contribution in [0.15, 0.2) is 66.7 Å². The van der Waals surface area contributed by atoms with Gasteiger partial charge in [0.25, 0.3) is 0 Å². The Labute approximate surface area is 237 Å². The molecular weight excluding hydrogens is 607 g/mol. The average Bonchev–Trinajstić information content (AvgIpc) is 2.88. The van der Waals surface area contributed by atoms with Crippen LogP contribution in [0.1, 0.15) is 30.5 Å². The fraction of sp³-hybridized carbons (Fsp3) is 0.321. The molecule has 0 radical (unpaired) electrons. The number of amides is 1. The van der Waals surface area contributed by atoms with Crippen LogP contribution in [0.3, 0.4) is 0 Å². The van der Waals surface area contributed by atoms with Crippen molar-refractivity contribution in [2.45, 2.75) is 56.5 Å². The van der Waals surface area contributed by atoms with E-state index in [0.717, 1.165) is 12.1 Å². The number of hydrogen-bond donors (Lipinski definition) is 1. The molecule has 4 nitrogen and oxygen atoms in total. The molecule has 0 aromatic heterocycles. The normalized spacial score (nSPS) is 14.0. The Balaban J connectivity index is 2.40. The van der Waals surface area contributed by atoms with Crippen LogP contribution in [-0.2, 0) is 16.8 Å². The molecule has 15 heteroatoms. The highest BCUT2D eigenvalue weighted by atomic mass is 19.4. The summed E-state index contributed by atoms with van der Waals surface area (Å²) in [5.41, 5.74) is -3.89. The molecule has 3 rings (SSSR count). The van der Waals surface area contributed by atoms with Crippen LogP contribution in [0, 0.1) is 11.6 Å². The van der Waals surface area contributed by atoms with Crippen LogP contribution in [0.2, 0.25) is 0 Å². The molecule has 0 aliphatic carbocycles. The first-order valence-corrected chi connectivity index (χ1v) is 12.2. The van der Waals surface area contributed by atoms with Gasteiger partial charge in [0.2, 0.25) is 0 Å². The predicted octanol–water partition coefficient (Wildman–Crippen LogP) is 7.79. The second-order valence-corrected chi connectivity index (χ2v) is 9.55. The van der Waals surface area contributed by atoms with Gasteiger partial charge in [-0.1, -0.05) is 36.4 Å². The van der Waals surface area contributed by atoms with E-state index in [2.05, 4.69) is 4.74 Å². The molecule has 0 bridgehead atoms. The van der Waals surface area contributed by atoms with E-state index >= 15 is 0 Å². The van der Waals surface area contributed by atoms with Gasteiger partial charge in [0, 0.05) is 12.5 Å². The second-order valence-electron chi connectivity index (χ2n) is 9.55. The van der Waals surface area contributed by atoms with Crippen molar-refractivity contribution in [1.82, 2.24) is 5.32 Å². The van der Waals surface area contributed by atoms with Crippen molar-refractivity contribution in [2.24, 2.45) is 0 Å². The summed E-state index contributed by atoms with van der Waals surface area (Å²) in [7, 11) is 0. The quantitative estimate of drug-likeness (QED) is 0.221. The number of benzene rings is 3. The van der Waals surface area contributed by atoms with Crippen molar-refractivity contribution in [3.63, 3.8) is 0 Å². The standard InChI is InChI=1S/C28H22F11NO3/c1-15(2)42-22-12-17(8-9-21(22)30)25(14-16-6-4-3-5-7-16,40-24(41)26(33,34)28(37,38)39)18-10-19(29)13-20(11-18)43-27(35,36)23(31)32/h3-13,15,23H,14H2,1-2H3,(H,40,41)/t25-/m0/s1. The lowest BCUT2D eigenvalue weighted by Crippen LogP contribution is -2.58. The van der Waals surface area contributed by atoms with Crippen LogP contribution in [-0.4, -0.2) is 36.6 Å². The topological polar surface area (TPSA) is 47.6 Å². The number of halogens is 11. The molecular formula is C28H22F11NO3. The van der Waals surface area contributed by atoms with Gasteiger partial charge in [-0.3, -0.25) is 4.79 Å². The molecule has 0 saturated carbocycles. The smallest absolute Gasteiger partial charge is 0.463 e. The van der Waals surface area contributed by atoms with Crippen molar-refractivity contribution < 1.29 is 62.6 Å². The maximum Gasteiger partial charge on any atom is 0.463 e. The zero-order valence-corrected chi connectivity index (χ0v) is 22.1. The van der Waals surface area contributed by atoms with E-state index in [1.807, 2.05) is 0 Å². The Morgan fingerprint density at radius 1 is 0.837 bits per heavy atom. The molecule has 0 unspecified atom stereocenters.